The molecule has 0 saturated carbocycles. The first-order valence-electron chi connectivity index (χ1n) is 8.11. The molecule has 0 radical (unpaired) electrons. The summed E-state index contributed by atoms with van der Waals surface area (Å²) in [6.45, 7) is 5.86. The maximum atomic E-state index is 11.1. The molecule has 0 spiro atoms. The molecule has 2 aromatic carbocycles. The third kappa shape index (κ3) is 3.40. The second kappa shape index (κ2) is 7.18. The fourth-order valence-electron chi connectivity index (χ4n) is 2.76. The van der Waals surface area contributed by atoms with Gasteiger partial charge in [-0.1, -0.05) is 49.9 Å². The van der Waals surface area contributed by atoms with E-state index in [0.717, 1.165) is 34.3 Å². The van der Waals surface area contributed by atoms with Crippen LogP contribution in [0.4, 0.5) is 0 Å². The molecule has 0 amide bonds. The topological polar surface area (TPSA) is 39.4 Å². The first-order valence-corrected chi connectivity index (χ1v) is 8.11. The monoisotopic (exact) mass is 320 g/mol. The van der Waals surface area contributed by atoms with Crippen molar-refractivity contribution in [1.82, 2.24) is 0 Å². The number of hydrogen-bond donors (Lipinski definition) is 0. The minimum absolute atomic E-state index is 0.336. The van der Waals surface area contributed by atoms with E-state index < -0.39 is 5.97 Å². The number of hydrogen-bond acceptors (Lipinski definition) is 3. The number of carbonyl (C=O) groups excluding carboxylic acids is 1. The van der Waals surface area contributed by atoms with Gasteiger partial charge < -0.3 is 9.15 Å². The molecule has 1 aromatic heterocycles. The molecule has 0 aliphatic rings. The molecule has 0 N–H and O–H groups in total. The lowest BCUT2D eigenvalue weighted by Gasteiger charge is -2.03. The standard InChI is InChI=1S/C21H20O3/c1-3-16-7-5-6-8-18(16)20-14-17-10-9-15(13-19(17)24-20)11-12-23-21(22)4-2/h4-10,13-14H,2-3,11-12H2,1H3. The Morgan fingerprint density at radius 3 is 2.83 bits per heavy atom. The Bertz CT molecular complexity index is 874. The van der Waals surface area contributed by atoms with Crippen LogP contribution in [0.2, 0.25) is 0 Å². The molecule has 0 saturated heterocycles. The van der Waals surface area contributed by atoms with Gasteiger partial charge >= 0.3 is 5.97 Å². The first-order chi connectivity index (χ1) is 11.7. The van der Waals surface area contributed by atoms with E-state index in [9.17, 15) is 4.79 Å². The summed E-state index contributed by atoms with van der Waals surface area (Å²) in [6.07, 6.45) is 2.79. The lowest BCUT2D eigenvalue weighted by Crippen LogP contribution is -2.04. The molecule has 3 heteroatoms. The molecule has 0 fully saturated rings. The Labute approximate surface area is 141 Å². The summed E-state index contributed by atoms with van der Waals surface area (Å²) in [4.78, 5) is 11.1. The van der Waals surface area contributed by atoms with Crippen molar-refractivity contribution >= 4 is 16.9 Å². The lowest BCUT2D eigenvalue weighted by molar-refractivity contribution is -0.137. The van der Waals surface area contributed by atoms with Crippen LogP contribution in [0.3, 0.4) is 0 Å². The SMILES string of the molecule is C=CC(=O)OCCc1ccc2cc(-c3ccccc3CC)oc2c1. The van der Waals surface area contributed by atoms with Crippen molar-refractivity contribution in [2.75, 3.05) is 6.61 Å². The summed E-state index contributed by atoms with van der Waals surface area (Å²) in [5.74, 6) is 0.491. The van der Waals surface area contributed by atoms with Crippen molar-refractivity contribution in [1.29, 1.82) is 0 Å². The summed E-state index contributed by atoms with van der Waals surface area (Å²) in [6, 6.07) is 16.5. The minimum Gasteiger partial charge on any atom is -0.462 e. The van der Waals surface area contributed by atoms with Crippen LogP contribution in [0, 0.1) is 0 Å². The molecule has 0 unspecified atom stereocenters. The maximum Gasteiger partial charge on any atom is 0.330 e. The Morgan fingerprint density at radius 2 is 2.04 bits per heavy atom. The van der Waals surface area contributed by atoms with Gasteiger partial charge in [0.05, 0.1) is 6.61 Å². The summed E-state index contributed by atoms with van der Waals surface area (Å²) in [5, 5.41) is 1.07. The number of carbonyl (C=O) groups is 1. The molecule has 3 nitrogen and oxygen atoms in total. The van der Waals surface area contributed by atoms with E-state index in [1.54, 1.807) is 0 Å². The molecule has 0 bridgehead atoms. The minimum atomic E-state index is -0.396. The van der Waals surface area contributed by atoms with Crippen molar-refractivity contribution in [2.24, 2.45) is 0 Å². The van der Waals surface area contributed by atoms with Crippen LogP contribution in [0.1, 0.15) is 18.1 Å². The molecule has 0 atom stereocenters. The van der Waals surface area contributed by atoms with Crippen LogP contribution in [0.15, 0.2) is 65.6 Å². The summed E-state index contributed by atoms with van der Waals surface area (Å²) < 4.78 is 11.1. The summed E-state index contributed by atoms with van der Waals surface area (Å²) >= 11 is 0. The van der Waals surface area contributed by atoms with E-state index in [1.165, 1.54) is 11.6 Å². The molecule has 0 aliphatic heterocycles. The van der Waals surface area contributed by atoms with Crippen molar-refractivity contribution in [3.05, 3.63) is 72.3 Å². The average molecular weight is 320 g/mol. The normalized spacial score (nSPS) is 10.7. The number of ether oxygens (including phenoxy) is 1. The predicted molar refractivity (Wildman–Crippen MR) is 95.9 cm³/mol. The number of esters is 1. The van der Waals surface area contributed by atoms with Gasteiger partial charge in [-0.25, -0.2) is 4.79 Å². The van der Waals surface area contributed by atoms with Gasteiger partial charge in [0.25, 0.3) is 0 Å². The zero-order valence-electron chi connectivity index (χ0n) is 13.7. The van der Waals surface area contributed by atoms with Crippen molar-refractivity contribution in [2.45, 2.75) is 19.8 Å². The van der Waals surface area contributed by atoms with E-state index in [0.29, 0.717) is 13.0 Å². The summed E-state index contributed by atoms with van der Waals surface area (Å²) in [5.41, 5.74) is 4.33. The Hall–Kier alpha value is -2.81. The van der Waals surface area contributed by atoms with Crippen molar-refractivity contribution in [3.63, 3.8) is 0 Å². The third-order valence-corrected chi connectivity index (χ3v) is 4.05. The van der Waals surface area contributed by atoms with Crippen LogP contribution in [0.25, 0.3) is 22.3 Å². The van der Waals surface area contributed by atoms with Crippen LogP contribution in [-0.4, -0.2) is 12.6 Å². The van der Waals surface area contributed by atoms with Crippen LogP contribution in [-0.2, 0) is 22.4 Å². The molecule has 122 valence electrons. The smallest absolute Gasteiger partial charge is 0.330 e. The van der Waals surface area contributed by atoms with E-state index in [-0.39, 0.29) is 0 Å². The highest BCUT2D eigenvalue weighted by Crippen LogP contribution is 2.31. The van der Waals surface area contributed by atoms with Gasteiger partial charge in [-0.05, 0) is 29.7 Å². The van der Waals surface area contributed by atoms with Gasteiger partial charge in [-0.2, -0.15) is 0 Å². The third-order valence-electron chi connectivity index (χ3n) is 4.05. The van der Waals surface area contributed by atoms with Gasteiger partial charge in [-0.15, -0.1) is 0 Å². The Balaban J connectivity index is 1.84. The van der Waals surface area contributed by atoms with Gasteiger partial charge in [0.1, 0.15) is 11.3 Å². The molecule has 24 heavy (non-hydrogen) atoms. The largest absolute Gasteiger partial charge is 0.462 e. The highest BCUT2D eigenvalue weighted by molar-refractivity contribution is 5.84. The zero-order valence-corrected chi connectivity index (χ0v) is 13.7. The van der Waals surface area contributed by atoms with Gasteiger partial charge in [-0.3, -0.25) is 0 Å². The number of furan rings is 1. The molecular weight excluding hydrogens is 300 g/mol. The van der Waals surface area contributed by atoms with E-state index in [2.05, 4.69) is 31.7 Å². The van der Waals surface area contributed by atoms with E-state index >= 15 is 0 Å². The number of benzene rings is 2. The molecule has 3 rings (SSSR count). The fraction of sp³-hybridized carbons (Fsp3) is 0.190. The van der Waals surface area contributed by atoms with Crippen molar-refractivity contribution < 1.29 is 13.9 Å². The average Bonchev–Trinajstić information content (AvgIpc) is 3.04. The highest BCUT2D eigenvalue weighted by atomic mass is 16.5. The molecule has 0 aliphatic carbocycles. The fourth-order valence-corrected chi connectivity index (χ4v) is 2.76. The van der Waals surface area contributed by atoms with E-state index in [4.69, 9.17) is 9.15 Å². The second-order valence-electron chi connectivity index (χ2n) is 5.62. The summed E-state index contributed by atoms with van der Waals surface area (Å²) in [7, 11) is 0. The Kier molecular flexibility index (Phi) is 4.80. The quantitative estimate of drug-likeness (QED) is 0.477. The van der Waals surface area contributed by atoms with Gasteiger partial charge in [0.15, 0.2) is 0 Å². The van der Waals surface area contributed by atoms with E-state index in [1.807, 2.05) is 30.3 Å². The molecule has 3 aromatic rings. The van der Waals surface area contributed by atoms with Crippen LogP contribution >= 0.6 is 0 Å². The highest BCUT2D eigenvalue weighted by Gasteiger charge is 2.10. The van der Waals surface area contributed by atoms with Crippen LogP contribution in [0.5, 0.6) is 0 Å². The molecule has 1 heterocycles. The van der Waals surface area contributed by atoms with Crippen molar-refractivity contribution in [3.8, 4) is 11.3 Å². The van der Waals surface area contributed by atoms with Crippen LogP contribution < -0.4 is 0 Å². The number of fused-ring (bicyclic) bond motifs is 1. The molecular formula is C21H20O3. The maximum absolute atomic E-state index is 11.1. The van der Waals surface area contributed by atoms with Gasteiger partial charge in [0.2, 0.25) is 0 Å². The lowest BCUT2D eigenvalue weighted by atomic mass is 10.0. The number of rotatable bonds is 6. The van der Waals surface area contributed by atoms with Gasteiger partial charge in [0, 0.05) is 23.4 Å². The zero-order chi connectivity index (χ0) is 16.9. The number of aryl methyl sites for hydroxylation is 1. The second-order valence-corrected chi connectivity index (χ2v) is 5.62. The Morgan fingerprint density at radius 1 is 1.21 bits per heavy atom. The predicted octanol–water partition coefficient (Wildman–Crippen LogP) is 4.93. The first kappa shape index (κ1) is 16.1.